The molecule has 0 radical (unpaired) electrons. The molecule has 0 unspecified atom stereocenters. The van der Waals surface area contributed by atoms with Crippen LogP contribution in [0.1, 0.15) is 63.1 Å². The summed E-state index contributed by atoms with van der Waals surface area (Å²) in [5.41, 5.74) is 1.51. The summed E-state index contributed by atoms with van der Waals surface area (Å²) < 4.78 is 67.3. The van der Waals surface area contributed by atoms with E-state index in [9.17, 15) is 22.0 Å². The van der Waals surface area contributed by atoms with E-state index >= 15 is 0 Å². The van der Waals surface area contributed by atoms with Gasteiger partial charge >= 0.3 is 6.18 Å². The zero-order chi connectivity index (χ0) is 25.9. The van der Waals surface area contributed by atoms with Crippen LogP contribution < -0.4 is 5.32 Å². The smallest absolute Gasteiger partial charge is 0.359 e. The van der Waals surface area contributed by atoms with E-state index < -0.39 is 23.2 Å². The average Bonchev–Trinajstić information content (AvgIpc) is 2.73. The highest BCUT2D eigenvalue weighted by molar-refractivity contribution is 5.40. The van der Waals surface area contributed by atoms with E-state index in [1.807, 2.05) is 31.2 Å². The Morgan fingerprint density at radius 3 is 2.29 bits per heavy atom. The van der Waals surface area contributed by atoms with Gasteiger partial charge in [0.15, 0.2) is 0 Å². The van der Waals surface area contributed by atoms with Gasteiger partial charge in [-0.15, -0.1) is 0 Å². The Balaban J connectivity index is 3.02. The molecule has 0 atom stereocenters. The van der Waals surface area contributed by atoms with Crippen LogP contribution in [0.15, 0.2) is 90.9 Å². The third-order valence-electron chi connectivity index (χ3n) is 5.04. The van der Waals surface area contributed by atoms with Crippen LogP contribution >= 0.6 is 0 Å². The largest absolute Gasteiger partial charge is 0.416 e. The van der Waals surface area contributed by atoms with Crippen LogP contribution in [0.3, 0.4) is 0 Å². The Kier molecular flexibility index (Phi) is 11.2. The molecule has 1 nitrogen and oxygen atoms in total. The number of rotatable bonds is 13. The van der Waals surface area contributed by atoms with E-state index in [0.29, 0.717) is 30.0 Å². The van der Waals surface area contributed by atoms with Crippen molar-refractivity contribution in [3.05, 3.63) is 108 Å². The molecule has 6 heteroatoms. The molecule has 0 bridgehead atoms. The Labute approximate surface area is 200 Å². The van der Waals surface area contributed by atoms with Gasteiger partial charge in [-0.1, -0.05) is 69.0 Å². The molecular formula is C28H34F5N. The molecule has 0 fully saturated rings. The summed E-state index contributed by atoms with van der Waals surface area (Å²) in [6.07, 6.45) is 7.57. The summed E-state index contributed by atoms with van der Waals surface area (Å²) in [6, 6.07) is 2.33. The molecule has 186 valence electrons. The van der Waals surface area contributed by atoms with Gasteiger partial charge in [0.05, 0.1) is 5.56 Å². The molecule has 0 saturated heterocycles. The third-order valence-corrected chi connectivity index (χ3v) is 5.04. The van der Waals surface area contributed by atoms with Gasteiger partial charge in [0.25, 0.3) is 5.92 Å². The molecule has 0 saturated carbocycles. The van der Waals surface area contributed by atoms with Crippen LogP contribution in [0.2, 0.25) is 0 Å². The third kappa shape index (κ3) is 9.94. The molecule has 0 aliphatic heterocycles. The summed E-state index contributed by atoms with van der Waals surface area (Å²) in [5, 5.41) is 3.12. The summed E-state index contributed by atoms with van der Waals surface area (Å²) >= 11 is 0. The van der Waals surface area contributed by atoms with Crippen molar-refractivity contribution in [1.29, 1.82) is 0 Å². The first-order chi connectivity index (χ1) is 15.8. The van der Waals surface area contributed by atoms with E-state index in [2.05, 4.69) is 32.0 Å². The maximum Gasteiger partial charge on any atom is 0.416 e. The number of alkyl halides is 5. The van der Waals surface area contributed by atoms with Crippen LogP contribution in [-0.2, 0) is 18.5 Å². The van der Waals surface area contributed by atoms with Crippen LogP contribution in [-0.4, -0.2) is 0 Å². The van der Waals surface area contributed by atoms with E-state index in [4.69, 9.17) is 0 Å². The van der Waals surface area contributed by atoms with Crippen molar-refractivity contribution in [2.45, 2.75) is 65.0 Å². The Morgan fingerprint density at radius 2 is 1.74 bits per heavy atom. The van der Waals surface area contributed by atoms with Gasteiger partial charge in [-0.25, -0.2) is 8.78 Å². The zero-order valence-electron chi connectivity index (χ0n) is 20.2. The van der Waals surface area contributed by atoms with E-state index in [1.165, 1.54) is 0 Å². The molecule has 34 heavy (non-hydrogen) atoms. The highest BCUT2D eigenvalue weighted by Gasteiger charge is 2.34. The summed E-state index contributed by atoms with van der Waals surface area (Å²) in [7, 11) is 0. The molecule has 0 aliphatic carbocycles. The molecular weight excluding hydrogens is 445 g/mol. The number of benzene rings is 1. The quantitative estimate of drug-likeness (QED) is 0.169. The molecule has 0 aliphatic rings. The van der Waals surface area contributed by atoms with E-state index in [-0.39, 0.29) is 18.4 Å². The van der Waals surface area contributed by atoms with Gasteiger partial charge < -0.3 is 5.32 Å². The van der Waals surface area contributed by atoms with Gasteiger partial charge in [0.1, 0.15) is 0 Å². The highest BCUT2D eigenvalue weighted by atomic mass is 19.4. The lowest BCUT2D eigenvalue weighted by molar-refractivity contribution is -0.137. The fraction of sp³-hybridized carbons (Fsp3) is 0.357. The van der Waals surface area contributed by atoms with Gasteiger partial charge in [-0.05, 0) is 62.0 Å². The predicted octanol–water partition coefficient (Wildman–Crippen LogP) is 9.17. The van der Waals surface area contributed by atoms with Crippen molar-refractivity contribution in [2.24, 2.45) is 0 Å². The minimum Gasteiger partial charge on any atom is -0.359 e. The van der Waals surface area contributed by atoms with Crippen molar-refractivity contribution in [1.82, 2.24) is 5.32 Å². The SMILES string of the molecule is C=C(C/C=C\C=C(\NC(=C)CCc1cc(C(F)(F)F)ccc1C(C)(F)F)C(=C)/C=C\C)CCC. The van der Waals surface area contributed by atoms with Gasteiger partial charge in [0, 0.05) is 23.9 Å². The van der Waals surface area contributed by atoms with E-state index in [0.717, 1.165) is 37.0 Å². The summed E-state index contributed by atoms with van der Waals surface area (Å²) in [5.74, 6) is -3.26. The number of hydrogen-bond acceptors (Lipinski definition) is 1. The minimum absolute atomic E-state index is 0.0232. The first-order valence-corrected chi connectivity index (χ1v) is 11.2. The van der Waals surface area contributed by atoms with Gasteiger partial charge in [-0.2, -0.15) is 13.2 Å². The van der Waals surface area contributed by atoms with Crippen molar-refractivity contribution in [3.63, 3.8) is 0 Å². The molecule has 0 aromatic heterocycles. The fourth-order valence-corrected chi connectivity index (χ4v) is 3.32. The van der Waals surface area contributed by atoms with Gasteiger partial charge in [-0.3, -0.25) is 0 Å². The lowest BCUT2D eigenvalue weighted by Gasteiger charge is -2.19. The first-order valence-electron chi connectivity index (χ1n) is 11.2. The molecule has 1 aromatic rings. The molecule has 1 rings (SSSR count). The van der Waals surface area contributed by atoms with Crippen LogP contribution in [0.25, 0.3) is 0 Å². The zero-order valence-corrected chi connectivity index (χ0v) is 20.2. The van der Waals surface area contributed by atoms with Crippen molar-refractivity contribution >= 4 is 0 Å². The van der Waals surface area contributed by atoms with Crippen molar-refractivity contribution in [2.75, 3.05) is 0 Å². The van der Waals surface area contributed by atoms with Crippen LogP contribution in [0.5, 0.6) is 0 Å². The number of aryl methyl sites for hydroxylation is 1. The number of hydrogen-bond donors (Lipinski definition) is 1. The van der Waals surface area contributed by atoms with Gasteiger partial charge in [0.2, 0.25) is 0 Å². The monoisotopic (exact) mass is 479 g/mol. The maximum atomic E-state index is 14.0. The molecule has 0 spiro atoms. The normalized spacial score (nSPS) is 13.0. The Morgan fingerprint density at radius 1 is 1.06 bits per heavy atom. The first kappa shape index (κ1) is 29.1. The number of allylic oxidation sites excluding steroid dienone is 7. The second kappa shape index (κ2) is 13.1. The summed E-state index contributed by atoms with van der Waals surface area (Å²) in [4.78, 5) is 0. The standard InChI is InChI=1S/C28H34F5N/c1-7-11-20(3)13-9-10-14-26(21(4)12-8-2)34-22(5)15-16-23-19-24(28(31,32)33)17-18-25(23)27(6,29)30/h8-10,12,14,17-19,34H,3-5,7,11,13,15-16H2,1-2,6H3/b10-9-,12-8-,26-14+. The Hall–Kier alpha value is -2.89. The second-order valence-electron chi connectivity index (χ2n) is 8.22. The molecule has 1 N–H and O–H groups in total. The number of halogens is 5. The van der Waals surface area contributed by atoms with Crippen molar-refractivity contribution < 1.29 is 22.0 Å². The lowest BCUT2D eigenvalue weighted by Crippen LogP contribution is -2.16. The molecule has 1 aromatic carbocycles. The topological polar surface area (TPSA) is 12.0 Å². The number of nitrogens with one attached hydrogen (secondary N) is 1. The molecule has 0 heterocycles. The van der Waals surface area contributed by atoms with Crippen LogP contribution in [0, 0.1) is 0 Å². The minimum atomic E-state index is -4.61. The van der Waals surface area contributed by atoms with Crippen LogP contribution in [0.4, 0.5) is 22.0 Å². The second-order valence-corrected chi connectivity index (χ2v) is 8.22. The van der Waals surface area contributed by atoms with Crippen molar-refractivity contribution in [3.8, 4) is 0 Å². The van der Waals surface area contributed by atoms with E-state index in [1.54, 1.807) is 6.08 Å². The maximum absolute atomic E-state index is 14.0. The fourth-order valence-electron chi connectivity index (χ4n) is 3.32. The highest BCUT2D eigenvalue weighted by Crippen LogP contribution is 2.36. The summed E-state index contributed by atoms with van der Waals surface area (Å²) in [6.45, 7) is 16.6. The Bertz CT molecular complexity index is 956. The average molecular weight is 480 g/mol. The molecule has 0 amide bonds. The lowest BCUT2D eigenvalue weighted by atomic mass is 9.95. The predicted molar refractivity (Wildman–Crippen MR) is 131 cm³/mol.